The van der Waals surface area contributed by atoms with Crippen molar-refractivity contribution in [1.82, 2.24) is 0 Å². The van der Waals surface area contributed by atoms with Crippen molar-refractivity contribution in [2.75, 3.05) is 0 Å². The molecule has 0 aromatic rings. The third-order valence-electron chi connectivity index (χ3n) is 3.74. The zero-order valence-corrected chi connectivity index (χ0v) is 10.2. The summed E-state index contributed by atoms with van der Waals surface area (Å²) < 4.78 is 0. The second kappa shape index (κ2) is 7.24. The molecule has 14 heavy (non-hydrogen) atoms. The van der Waals surface area contributed by atoms with Gasteiger partial charge in [0.2, 0.25) is 0 Å². The molecule has 0 heterocycles. The average molecular weight is 200 g/mol. The Morgan fingerprint density at radius 2 is 1.43 bits per heavy atom. The van der Waals surface area contributed by atoms with Crippen molar-refractivity contribution >= 4 is 0 Å². The van der Waals surface area contributed by atoms with E-state index in [-0.39, 0.29) is 6.17 Å². The zero-order valence-electron chi connectivity index (χ0n) is 10.2. The van der Waals surface area contributed by atoms with Gasteiger partial charge in [-0.05, 0) is 18.3 Å². The lowest BCUT2D eigenvalue weighted by molar-refractivity contribution is 0.219. The van der Waals surface area contributed by atoms with Crippen LogP contribution in [0.2, 0.25) is 0 Å². The monoisotopic (exact) mass is 200 g/mol. The molecule has 0 radical (unpaired) electrons. The number of rotatable bonds is 8. The molecule has 4 N–H and O–H groups in total. The number of unbranched alkanes of at least 4 members (excludes halogenated alkanes) is 1. The molecule has 0 aliphatic heterocycles. The lowest BCUT2D eigenvalue weighted by Gasteiger charge is -2.30. The normalized spacial score (nSPS) is 12.4. The van der Waals surface area contributed by atoms with Gasteiger partial charge < -0.3 is 11.5 Å². The van der Waals surface area contributed by atoms with E-state index in [0.29, 0.717) is 5.41 Å². The molecule has 0 rings (SSSR count). The third kappa shape index (κ3) is 4.97. The van der Waals surface area contributed by atoms with Crippen LogP contribution >= 0.6 is 0 Å². The first kappa shape index (κ1) is 13.9. The maximum atomic E-state index is 5.52. The highest BCUT2D eigenvalue weighted by atomic mass is 14.8. The van der Waals surface area contributed by atoms with E-state index in [4.69, 9.17) is 11.5 Å². The van der Waals surface area contributed by atoms with Gasteiger partial charge in [-0.25, -0.2) is 0 Å². The van der Waals surface area contributed by atoms with Crippen molar-refractivity contribution in [3.8, 4) is 0 Å². The highest BCUT2D eigenvalue weighted by molar-refractivity contribution is 4.74. The van der Waals surface area contributed by atoms with Gasteiger partial charge in [-0.2, -0.15) is 0 Å². The number of hydrogen-bond donors (Lipinski definition) is 2. The standard InChI is InChI=1S/C12H28N2/c1-4-12(5-2,6-3)10-8-7-9-11(13)14/h11H,4-10,13-14H2,1-3H3. The van der Waals surface area contributed by atoms with Gasteiger partial charge in [0.25, 0.3) is 0 Å². The molecule has 0 unspecified atom stereocenters. The molecular weight excluding hydrogens is 172 g/mol. The van der Waals surface area contributed by atoms with E-state index in [1.165, 1.54) is 38.5 Å². The molecule has 0 fully saturated rings. The van der Waals surface area contributed by atoms with Crippen LogP contribution in [0.25, 0.3) is 0 Å². The van der Waals surface area contributed by atoms with Gasteiger partial charge in [-0.1, -0.05) is 52.9 Å². The summed E-state index contributed by atoms with van der Waals surface area (Å²) in [6, 6.07) is 0. The van der Waals surface area contributed by atoms with Gasteiger partial charge >= 0.3 is 0 Å². The molecule has 0 aliphatic rings. The van der Waals surface area contributed by atoms with Gasteiger partial charge in [0.1, 0.15) is 0 Å². The summed E-state index contributed by atoms with van der Waals surface area (Å²) in [5, 5.41) is 0. The van der Waals surface area contributed by atoms with Crippen LogP contribution in [-0.2, 0) is 0 Å². The molecule has 0 atom stereocenters. The van der Waals surface area contributed by atoms with Crippen LogP contribution in [0.15, 0.2) is 0 Å². The molecule has 0 saturated heterocycles. The van der Waals surface area contributed by atoms with Crippen molar-refractivity contribution in [3.63, 3.8) is 0 Å². The molecule has 0 bridgehead atoms. The largest absolute Gasteiger partial charge is 0.316 e. The SMILES string of the molecule is CCC(CC)(CC)CCCCC(N)N. The highest BCUT2D eigenvalue weighted by Crippen LogP contribution is 2.35. The summed E-state index contributed by atoms with van der Waals surface area (Å²) in [5.41, 5.74) is 11.6. The average Bonchev–Trinajstić information content (AvgIpc) is 2.19. The van der Waals surface area contributed by atoms with E-state index in [1.54, 1.807) is 0 Å². The van der Waals surface area contributed by atoms with E-state index < -0.39 is 0 Å². The Hall–Kier alpha value is -0.0800. The molecule has 2 nitrogen and oxygen atoms in total. The highest BCUT2D eigenvalue weighted by Gasteiger charge is 2.22. The molecular formula is C12H28N2. The molecule has 86 valence electrons. The fourth-order valence-corrected chi connectivity index (χ4v) is 2.16. The van der Waals surface area contributed by atoms with Crippen LogP contribution < -0.4 is 11.5 Å². The Morgan fingerprint density at radius 1 is 0.929 bits per heavy atom. The Morgan fingerprint density at radius 3 is 1.79 bits per heavy atom. The van der Waals surface area contributed by atoms with Gasteiger partial charge in [0.05, 0.1) is 6.17 Å². The van der Waals surface area contributed by atoms with Crippen molar-refractivity contribution in [2.24, 2.45) is 16.9 Å². The minimum Gasteiger partial charge on any atom is -0.316 e. The van der Waals surface area contributed by atoms with Gasteiger partial charge in [0, 0.05) is 0 Å². The first-order chi connectivity index (χ1) is 6.60. The van der Waals surface area contributed by atoms with Crippen molar-refractivity contribution < 1.29 is 0 Å². The molecule has 0 spiro atoms. The van der Waals surface area contributed by atoms with E-state index in [2.05, 4.69) is 20.8 Å². The second-order valence-electron chi connectivity index (χ2n) is 4.47. The first-order valence-corrected chi connectivity index (χ1v) is 6.11. The van der Waals surface area contributed by atoms with E-state index in [0.717, 1.165) is 6.42 Å². The number of hydrogen-bond acceptors (Lipinski definition) is 2. The van der Waals surface area contributed by atoms with Gasteiger partial charge in [-0.3, -0.25) is 0 Å². The quantitative estimate of drug-likeness (QED) is 0.467. The van der Waals surface area contributed by atoms with E-state index in [9.17, 15) is 0 Å². The van der Waals surface area contributed by atoms with Crippen molar-refractivity contribution in [1.29, 1.82) is 0 Å². The third-order valence-corrected chi connectivity index (χ3v) is 3.74. The van der Waals surface area contributed by atoms with Crippen LogP contribution in [0.1, 0.15) is 65.7 Å². The topological polar surface area (TPSA) is 52.0 Å². The summed E-state index contributed by atoms with van der Waals surface area (Å²) >= 11 is 0. The molecule has 0 amide bonds. The fourth-order valence-electron chi connectivity index (χ4n) is 2.16. The van der Waals surface area contributed by atoms with Crippen molar-refractivity contribution in [2.45, 2.75) is 71.9 Å². The fraction of sp³-hybridized carbons (Fsp3) is 1.00. The lowest BCUT2D eigenvalue weighted by atomic mass is 9.75. The Bertz CT molecular complexity index is 120. The second-order valence-corrected chi connectivity index (χ2v) is 4.47. The maximum absolute atomic E-state index is 5.52. The summed E-state index contributed by atoms with van der Waals surface area (Å²) in [4.78, 5) is 0. The minimum atomic E-state index is -0.116. The van der Waals surface area contributed by atoms with Crippen LogP contribution in [0, 0.1) is 5.41 Å². The van der Waals surface area contributed by atoms with Gasteiger partial charge in [0.15, 0.2) is 0 Å². The Kier molecular flexibility index (Phi) is 7.20. The minimum absolute atomic E-state index is 0.116. The molecule has 0 saturated carbocycles. The maximum Gasteiger partial charge on any atom is 0.0520 e. The van der Waals surface area contributed by atoms with E-state index in [1.807, 2.05) is 0 Å². The molecule has 0 aromatic carbocycles. The van der Waals surface area contributed by atoms with Gasteiger partial charge in [-0.15, -0.1) is 0 Å². The lowest BCUT2D eigenvalue weighted by Crippen LogP contribution is -2.30. The van der Waals surface area contributed by atoms with Crippen molar-refractivity contribution in [3.05, 3.63) is 0 Å². The van der Waals surface area contributed by atoms with Crippen LogP contribution in [0.5, 0.6) is 0 Å². The molecule has 0 aliphatic carbocycles. The summed E-state index contributed by atoms with van der Waals surface area (Å²) in [7, 11) is 0. The first-order valence-electron chi connectivity index (χ1n) is 6.11. The van der Waals surface area contributed by atoms with Crippen LogP contribution in [-0.4, -0.2) is 6.17 Å². The predicted octanol–water partition coefficient (Wildman–Crippen LogP) is 3.01. The Labute approximate surface area is 89.4 Å². The zero-order chi connectivity index (χ0) is 11.0. The summed E-state index contributed by atoms with van der Waals surface area (Å²) in [6.07, 6.45) is 8.54. The number of nitrogens with two attached hydrogens (primary N) is 2. The smallest absolute Gasteiger partial charge is 0.0520 e. The molecule has 2 heteroatoms. The predicted molar refractivity (Wildman–Crippen MR) is 63.9 cm³/mol. The summed E-state index contributed by atoms with van der Waals surface area (Å²) in [5.74, 6) is 0. The van der Waals surface area contributed by atoms with Crippen LogP contribution in [0.3, 0.4) is 0 Å². The molecule has 0 aromatic heterocycles. The summed E-state index contributed by atoms with van der Waals surface area (Å²) in [6.45, 7) is 6.92. The van der Waals surface area contributed by atoms with Crippen LogP contribution in [0.4, 0.5) is 0 Å². The Balaban J connectivity index is 3.71. The van der Waals surface area contributed by atoms with E-state index >= 15 is 0 Å².